The Labute approximate surface area is 157 Å². The van der Waals surface area contributed by atoms with E-state index in [2.05, 4.69) is 4.72 Å². The van der Waals surface area contributed by atoms with Crippen LogP contribution in [0.5, 0.6) is 5.75 Å². The molecule has 8 nitrogen and oxygen atoms in total. The van der Waals surface area contributed by atoms with E-state index < -0.39 is 26.1 Å². The average molecular weight is 410 g/mol. The van der Waals surface area contributed by atoms with Crippen LogP contribution in [-0.2, 0) is 31.3 Å². The summed E-state index contributed by atoms with van der Waals surface area (Å²) in [6.07, 6.45) is 0.643. The fraction of sp³-hybridized carbons (Fsp3) is 0.235. The van der Waals surface area contributed by atoms with Crippen molar-refractivity contribution in [2.45, 2.75) is 17.4 Å². The van der Waals surface area contributed by atoms with Crippen LogP contribution in [-0.4, -0.2) is 46.6 Å². The number of carbonyl (C=O) groups excluding carboxylic acids is 1. The normalized spacial score (nSPS) is 19.1. The lowest BCUT2D eigenvalue weighted by molar-refractivity contribution is -0.108. The third-order valence-electron chi connectivity index (χ3n) is 4.19. The topological polar surface area (TPSA) is 121 Å². The number of nitrogens with zero attached hydrogens (tertiary/aromatic N) is 1. The summed E-state index contributed by atoms with van der Waals surface area (Å²) in [5, 5.41) is 10.2. The van der Waals surface area contributed by atoms with Crippen LogP contribution in [0.2, 0.25) is 0 Å². The summed E-state index contributed by atoms with van der Waals surface area (Å²) in [6.45, 7) is -0.124. The molecule has 0 bridgehead atoms. The lowest BCUT2D eigenvalue weighted by Crippen LogP contribution is -2.30. The van der Waals surface area contributed by atoms with Gasteiger partial charge in [0.25, 0.3) is 0 Å². The van der Waals surface area contributed by atoms with E-state index >= 15 is 0 Å². The molecule has 1 atom stereocenters. The standard InChI is InChI=1S/C17H18N2O6S2/c20-12-14-11-19(27(24,25)18-14)16-7-6-13(10-17(16)21)8-9-26(22,23)15-4-2-1-3-5-15/h1-7,10,12,14,18,21H,8-9,11H2. The highest BCUT2D eigenvalue weighted by Crippen LogP contribution is 2.32. The second kappa shape index (κ2) is 7.29. The van der Waals surface area contributed by atoms with Crippen molar-refractivity contribution in [2.75, 3.05) is 16.6 Å². The smallest absolute Gasteiger partial charge is 0.302 e. The Bertz CT molecular complexity index is 1050. The molecule has 1 unspecified atom stereocenters. The number of aryl methyl sites for hydroxylation is 1. The molecule has 0 saturated carbocycles. The molecule has 10 heteroatoms. The number of hydrogen-bond acceptors (Lipinski definition) is 6. The van der Waals surface area contributed by atoms with Gasteiger partial charge in [-0.15, -0.1) is 0 Å². The van der Waals surface area contributed by atoms with E-state index in [9.17, 15) is 26.7 Å². The van der Waals surface area contributed by atoms with Crippen LogP contribution < -0.4 is 9.03 Å². The van der Waals surface area contributed by atoms with E-state index in [4.69, 9.17) is 0 Å². The average Bonchev–Trinajstić information content (AvgIpc) is 2.95. The number of phenols is 1. The molecule has 27 heavy (non-hydrogen) atoms. The highest BCUT2D eigenvalue weighted by molar-refractivity contribution is 7.91. The molecule has 0 aromatic heterocycles. The lowest BCUT2D eigenvalue weighted by Gasteiger charge is -2.17. The highest BCUT2D eigenvalue weighted by atomic mass is 32.2. The van der Waals surface area contributed by atoms with E-state index in [1.807, 2.05) is 0 Å². The maximum atomic E-state index is 12.3. The molecule has 1 aliphatic heterocycles. The number of nitrogens with one attached hydrogen (secondary N) is 1. The number of phenolic OH excluding ortho intramolecular Hbond substituents is 1. The first-order valence-corrected chi connectivity index (χ1v) is 11.2. The van der Waals surface area contributed by atoms with Crippen LogP contribution in [0.15, 0.2) is 53.4 Å². The van der Waals surface area contributed by atoms with Gasteiger partial charge in [0.15, 0.2) is 9.84 Å². The second-order valence-corrected chi connectivity index (χ2v) is 9.84. The quantitative estimate of drug-likeness (QED) is 0.674. The molecule has 0 radical (unpaired) electrons. The van der Waals surface area contributed by atoms with Crippen LogP contribution >= 0.6 is 0 Å². The highest BCUT2D eigenvalue weighted by Gasteiger charge is 2.36. The Morgan fingerprint density at radius 1 is 1.19 bits per heavy atom. The van der Waals surface area contributed by atoms with Crippen molar-refractivity contribution in [3.05, 3.63) is 54.1 Å². The zero-order valence-electron chi connectivity index (χ0n) is 14.1. The van der Waals surface area contributed by atoms with Crippen molar-refractivity contribution in [1.29, 1.82) is 0 Å². The first-order valence-electron chi connectivity index (χ1n) is 8.08. The molecule has 0 amide bonds. The van der Waals surface area contributed by atoms with Crippen molar-refractivity contribution in [3.63, 3.8) is 0 Å². The van der Waals surface area contributed by atoms with Gasteiger partial charge in [0, 0.05) is 0 Å². The lowest BCUT2D eigenvalue weighted by atomic mass is 10.1. The number of sulfone groups is 1. The first-order chi connectivity index (χ1) is 12.7. The van der Waals surface area contributed by atoms with E-state index in [1.165, 1.54) is 24.3 Å². The van der Waals surface area contributed by atoms with Crippen molar-refractivity contribution in [1.82, 2.24) is 4.72 Å². The van der Waals surface area contributed by atoms with E-state index in [0.29, 0.717) is 11.8 Å². The Balaban J connectivity index is 1.77. The zero-order chi connectivity index (χ0) is 19.7. The summed E-state index contributed by atoms with van der Waals surface area (Å²) in [7, 11) is -7.38. The number of rotatable bonds is 6. The third-order valence-corrected chi connectivity index (χ3v) is 7.45. The maximum absolute atomic E-state index is 12.3. The first kappa shape index (κ1) is 19.3. The predicted octanol–water partition coefficient (Wildman–Crippen LogP) is 0.631. The molecule has 1 heterocycles. The molecule has 1 fully saturated rings. The van der Waals surface area contributed by atoms with Crippen LogP contribution in [0.25, 0.3) is 0 Å². The third kappa shape index (κ3) is 4.12. The molecule has 0 spiro atoms. The number of carbonyl (C=O) groups is 1. The molecular formula is C17H18N2O6S2. The second-order valence-electron chi connectivity index (χ2n) is 6.10. The largest absolute Gasteiger partial charge is 0.506 e. The minimum Gasteiger partial charge on any atom is -0.506 e. The van der Waals surface area contributed by atoms with Gasteiger partial charge >= 0.3 is 10.2 Å². The molecular weight excluding hydrogens is 392 g/mol. The van der Waals surface area contributed by atoms with Gasteiger partial charge < -0.3 is 9.90 Å². The van der Waals surface area contributed by atoms with Crippen molar-refractivity contribution >= 4 is 32.0 Å². The monoisotopic (exact) mass is 410 g/mol. The van der Waals surface area contributed by atoms with Gasteiger partial charge in [0.05, 0.1) is 28.9 Å². The minimum atomic E-state index is -3.91. The molecule has 144 valence electrons. The van der Waals surface area contributed by atoms with Crippen LogP contribution in [0, 0.1) is 0 Å². The molecule has 1 aliphatic rings. The Morgan fingerprint density at radius 3 is 2.48 bits per heavy atom. The Hall–Kier alpha value is -2.43. The molecule has 2 aromatic rings. The molecule has 0 aliphatic carbocycles. The summed E-state index contributed by atoms with van der Waals surface area (Å²) in [5.41, 5.74) is 0.578. The summed E-state index contributed by atoms with van der Waals surface area (Å²) in [5.74, 6) is -0.450. The molecule has 1 saturated heterocycles. The SMILES string of the molecule is O=CC1CN(c2ccc(CCS(=O)(=O)c3ccccc3)cc2O)S(=O)(=O)N1. The summed E-state index contributed by atoms with van der Waals surface area (Å²) >= 11 is 0. The Kier molecular flexibility index (Phi) is 5.22. The van der Waals surface area contributed by atoms with E-state index in [1.54, 1.807) is 24.3 Å². The van der Waals surface area contributed by atoms with Gasteiger partial charge in [0.1, 0.15) is 12.0 Å². The minimum absolute atomic E-state index is 0.0292. The molecule has 3 rings (SSSR count). The van der Waals surface area contributed by atoms with Gasteiger partial charge in [-0.3, -0.25) is 4.31 Å². The van der Waals surface area contributed by atoms with Crippen molar-refractivity contribution < 1.29 is 26.7 Å². The van der Waals surface area contributed by atoms with Gasteiger partial charge in [-0.2, -0.15) is 13.1 Å². The number of aldehydes is 1. The number of hydrogen-bond donors (Lipinski definition) is 2. The number of aromatic hydroxyl groups is 1. The fourth-order valence-corrected chi connectivity index (χ4v) is 5.52. The van der Waals surface area contributed by atoms with Gasteiger partial charge in [-0.05, 0) is 36.2 Å². The zero-order valence-corrected chi connectivity index (χ0v) is 15.8. The van der Waals surface area contributed by atoms with Crippen molar-refractivity contribution in [2.24, 2.45) is 0 Å². The maximum Gasteiger partial charge on any atom is 0.302 e. The summed E-state index contributed by atoms with van der Waals surface area (Å²) in [4.78, 5) is 11.1. The van der Waals surface area contributed by atoms with Crippen molar-refractivity contribution in [3.8, 4) is 5.75 Å². The van der Waals surface area contributed by atoms with Crippen LogP contribution in [0.4, 0.5) is 5.69 Å². The fourth-order valence-electron chi connectivity index (χ4n) is 2.80. The van der Waals surface area contributed by atoms with Crippen LogP contribution in [0.3, 0.4) is 0 Å². The van der Waals surface area contributed by atoms with E-state index in [0.717, 1.165) is 4.31 Å². The van der Waals surface area contributed by atoms with Gasteiger partial charge in [-0.1, -0.05) is 24.3 Å². The van der Waals surface area contributed by atoms with Crippen LogP contribution in [0.1, 0.15) is 5.56 Å². The number of benzene rings is 2. The van der Waals surface area contributed by atoms with E-state index in [-0.39, 0.29) is 35.1 Å². The summed E-state index contributed by atoms with van der Waals surface area (Å²) in [6, 6.07) is 11.5. The van der Waals surface area contributed by atoms with Gasteiger partial charge in [0.2, 0.25) is 0 Å². The summed E-state index contributed by atoms with van der Waals surface area (Å²) < 4.78 is 51.8. The molecule has 2 N–H and O–H groups in total. The molecule has 2 aromatic carbocycles. The van der Waals surface area contributed by atoms with Gasteiger partial charge in [-0.25, -0.2) is 8.42 Å². The number of anilines is 1. The Morgan fingerprint density at radius 2 is 1.89 bits per heavy atom. The predicted molar refractivity (Wildman–Crippen MR) is 99.6 cm³/mol.